The second kappa shape index (κ2) is 7.36. The lowest BCUT2D eigenvalue weighted by atomic mass is 9.92. The number of benzene rings is 1. The van der Waals surface area contributed by atoms with Crippen molar-refractivity contribution < 1.29 is 14.7 Å². The second-order valence-corrected chi connectivity index (χ2v) is 7.36. The molecule has 1 aliphatic rings. The average Bonchev–Trinajstić information content (AvgIpc) is 2.52. The molecule has 2 amide bonds. The maximum absolute atomic E-state index is 12.1. The van der Waals surface area contributed by atoms with Gasteiger partial charge in [0.2, 0.25) is 11.8 Å². The first kappa shape index (κ1) is 17.8. The Kier molecular flexibility index (Phi) is 5.70. The van der Waals surface area contributed by atoms with Crippen LogP contribution in [0.1, 0.15) is 27.2 Å². The maximum atomic E-state index is 12.1. The minimum atomic E-state index is -0.931. The van der Waals surface area contributed by atoms with E-state index in [4.69, 9.17) is 0 Å². The fraction of sp³-hybridized carbons (Fsp3) is 0.529. The molecule has 0 radical (unpaired) electrons. The molecular formula is C17H24N2O3S. The number of aliphatic hydroxyl groups is 1. The Morgan fingerprint density at radius 3 is 2.83 bits per heavy atom. The molecule has 1 heterocycles. The molecule has 0 saturated carbocycles. The Bertz CT molecular complexity index is 587. The van der Waals surface area contributed by atoms with Crippen LogP contribution in [0, 0.1) is 5.92 Å². The summed E-state index contributed by atoms with van der Waals surface area (Å²) in [6, 6.07) is 7.73. The largest absolute Gasteiger partial charge is 0.388 e. The van der Waals surface area contributed by atoms with Crippen LogP contribution in [0.4, 0.5) is 5.69 Å². The molecule has 2 rings (SSSR count). The van der Waals surface area contributed by atoms with E-state index in [1.165, 1.54) is 11.8 Å². The summed E-state index contributed by atoms with van der Waals surface area (Å²) < 4.78 is 0. The zero-order chi connectivity index (χ0) is 17.0. The van der Waals surface area contributed by atoms with Gasteiger partial charge in [0.25, 0.3) is 0 Å². The van der Waals surface area contributed by atoms with Gasteiger partial charge in [0.15, 0.2) is 0 Å². The number of rotatable bonds is 6. The molecule has 0 saturated heterocycles. The molecule has 1 atom stereocenters. The van der Waals surface area contributed by atoms with E-state index in [2.05, 4.69) is 5.32 Å². The third-order valence-electron chi connectivity index (χ3n) is 4.26. The molecular weight excluding hydrogens is 312 g/mol. The third kappa shape index (κ3) is 4.48. The molecule has 1 aliphatic heterocycles. The van der Waals surface area contributed by atoms with Crippen molar-refractivity contribution in [1.82, 2.24) is 5.32 Å². The maximum Gasteiger partial charge on any atom is 0.237 e. The molecule has 0 fully saturated rings. The van der Waals surface area contributed by atoms with Crippen LogP contribution in [0.3, 0.4) is 0 Å². The molecule has 0 aromatic heterocycles. The number of nitrogens with zero attached hydrogens (tertiary/aromatic N) is 1. The van der Waals surface area contributed by atoms with Crippen LogP contribution in [-0.2, 0) is 9.59 Å². The molecule has 5 nitrogen and oxygen atoms in total. The number of carbonyl (C=O) groups excluding carboxylic acids is 2. The van der Waals surface area contributed by atoms with Gasteiger partial charge in [-0.3, -0.25) is 9.59 Å². The highest BCUT2D eigenvalue weighted by atomic mass is 32.2. The lowest BCUT2D eigenvalue weighted by Gasteiger charge is -2.29. The minimum absolute atomic E-state index is 0.0238. The number of amides is 2. The zero-order valence-electron chi connectivity index (χ0n) is 13.8. The minimum Gasteiger partial charge on any atom is -0.388 e. The summed E-state index contributed by atoms with van der Waals surface area (Å²) >= 11 is 1.53. The highest BCUT2D eigenvalue weighted by Crippen LogP contribution is 2.34. The van der Waals surface area contributed by atoms with Gasteiger partial charge < -0.3 is 15.3 Å². The third-order valence-corrected chi connectivity index (χ3v) is 5.31. The number of hydrogen-bond donors (Lipinski definition) is 2. The van der Waals surface area contributed by atoms with Crippen molar-refractivity contribution in [2.75, 3.05) is 23.7 Å². The number of anilines is 1. The van der Waals surface area contributed by atoms with E-state index in [-0.39, 0.29) is 30.7 Å². The highest BCUT2D eigenvalue weighted by Gasteiger charge is 2.27. The summed E-state index contributed by atoms with van der Waals surface area (Å²) in [6.45, 7) is 6.09. The molecule has 126 valence electrons. The number of fused-ring (bicyclic) bond motifs is 1. The van der Waals surface area contributed by atoms with Crippen LogP contribution in [0.15, 0.2) is 29.2 Å². The van der Waals surface area contributed by atoms with E-state index in [1.807, 2.05) is 38.1 Å². The first-order valence-corrected chi connectivity index (χ1v) is 8.81. The molecule has 23 heavy (non-hydrogen) atoms. The standard InChI is InChI=1S/C17H24N2O3S/c1-12(2)17(3,22)11-18-15(20)8-9-19-13-6-4-5-7-14(13)23-10-16(19)21/h4-7,12,22H,8-11H2,1-3H3,(H,18,20). The van der Waals surface area contributed by atoms with Gasteiger partial charge in [-0.15, -0.1) is 11.8 Å². The van der Waals surface area contributed by atoms with Gasteiger partial charge >= 0.3 is 0 Å². The Hall–Kier alpha value is -1.53. The normalized spacial score (nSPS) is 16.9. The van der Waals surface area contributed by atoms with E-state index in [9.17, 15) is 14.7 Å². The Morgan fingerprint density at radius 2 is 2.13 bits per heavy atom. The van der Waals surface area contributed by atoms with Gasteiger partial charge in [-0.05, 0) is 25.0 Å². The monoisotopic (exact) mass is 336 g/mol. The number of nitrogens with one attached hydrogen (secondary N) is 1. The first-order chi connectivity index (χ1) is 10.8. The van der Waals surface area contributed by atoms with Crippen LogP contribution >= 0.6 is 11.8 Å². The summed E-state index contributed by atoms with van der Waals surface area (Å²) in [5, 5.41) is 12.9. The summed E-state index contributed by atoms with van der Waals surface area (Å²) in [5.74, 6) is 0.321. The van der Waals surface area contributed by atoms with Crippen molar-refractivity contribution >= 4 is 29.3 Å². The van der Waals surface area contributed by atoms with Gasteiger partial charge in [0.05, 0.1) is 17.0 Å². The van der Waals surface area contributed by atoms with Crippen molar-refractivity contribution in [3.63, 3.8) is 0 Å². The number of carbonyl (C=O) groups is 2. The molecule has 1 aromatic carbocycles. The van der Waals surface area contributed by atoms with Gasteiger partial charge in [-0.2, -0.15) is 0 Å². The van der Waals surface area contributed by atoms with Crippen LogP contribution in [0.2, 0.25) is 0 Å². The molecule has 0 aliphatic carbocycles. The zero-order valence-corrected chi connectivity index (χ0v) is 14.7. The summed E-state index contributed by atoms with van der Waals surface area (Å²) in [4.78, 5) is 26.9. The first-order valence-electron chi connectivity index (χ1n) is 7.82. The smallest absolute Gasteiger partial charge is 0.237 e. The molecule has 0 bridgehead atoms. The van der Waals surface area contributed by atoms with Crippen molar-refractivity contribution in [2.24, 2.45) is 5.92 Å². The molecule has 1 aromatic rings. The van der Waals surface area contributed by atoms with E-state index in [0.717, 1.165) is 10.6 Å². The molecule has 1 unspecified atom stereocenters. The van der Waals surface area contributed by atoms with Gasteiger partial charge in [-0.1, -0.05) is 26.0 Å². The van der Waals surface area contributed by atoms with E-state index in [0.29, 0.717) is 12.3 Å². The predicted octanol–water partition coefficient (Wildman–Crippen LogP) is 2.04. The number of para-hydroxylation sites is 1. The lowest BCUT2D eigenvalue weighted by molar-refractivity contribution is -0.122. The second-order valence-electron chi connectivity index (χ2n) is 6.34. The highest BCUT2D eigenvalue weighted by molar-refractivity contribution is 8.00. The predicted molar refractivity (Wildman–Crippen MR) is 92.6 cm³/mol. The Morgan fingerprint density at radius 1 is 1.43 bits per heavy atom. The quantitative estimate of drug-likeness (QED) is 0.834. The average molecular weight is 336 g/mol. The summed E-state index contributed by atoms with van der Waals surface area (Å²) in [7, 11) is 0. The topological polar surface area (TPSA) is 69.6 Å². The van der Waals surface area contributed by atoms with Gasteiger partial charge in [-0.25, -0.2) is 0 Å². The van der Waals surface area contributed by atoms with E-state index >= 15 is 0 Å². The van der Waals surface area contributed by atoms with E-state index < -0.39 is 5.60 Å². The van der Waals surface area contributed by atoms with Crippen molar-refractivity contribution in [1.29, 1.82) is 0 Å². The fourth-order valence-corrected chi connectivity index (χ4v) is 3.12. The van der Waals surface area contributed by atoms with Crippen molar-refractivity contribution in [3.8, 4) is 0 Å². The Balaban J connectivity index is 1.91. The van der Waals surface area contributed by atoms with Gasteiger partial charge in [0.1, 0.15) is 0 Å². The molecule has 0 spiro atoms. The van der Waals surface area contributed by atoms with Crippen LogP contribution in [0.25, 0.3) is 0 Å². The van der Waals surface area contributed by atoms with Crippen LogP contribution in [-0.4, -0.2) is 41.4 Å². The van der Waals surface area contributed by atoms with E-state index in [1.54, 1.807) is 11.8 Å². The molecule has 6 heteroatoms. The van der Waals surface area contributed by atoms with Gasteiger partial charge in [0, 0.05) is 24.4 Å². The van der Waals surface area contributed by atoms with Crippen molar-refractivity contribution in [2.45, 2.75) is 37.7 Å². The molecule has 2 N–H and O–H groups in total. The summed E-state index contributed by atoms with van der Waals surface area (Å²) in [5.41, 5.74) is -0.0597. The number of thioether (sulfide) groups is 1. The number of hydrogen-bond acceptors (Lipinski definition) is 4. The summed E-state index contributed by atoms with van der Waals surface area (Å²) in [6.07, 6.45) is 0.221. The Labute approximate surface area is 141 Å². The van der Waals surface area contributed by atoms with Crippen LogP contribution < -0.4 is 10.2 Å². The lowest BCUT2D eigenvalue weighted by Crippen LogP contribution is -2.45. The fourth-order valence-electron chi connectivity index (χ4n) is 2.18. The van der Waals surface area contributed by atoms with Crippen molar-refractivity contribution in [3.05, 3.63) is 24.3 Å². The van der Waals surface area contributed by atoms with Crippen LogP contribution in [0.5, 0.6) is 0 Å². The SMILES string of the molecule is CC(C)C(C)(O)CNC(=O)CCN1C(=O)CSc2ccccc21.